The first-order valence-electron chi connectivity index (χ1n) is 5.30. The van der Waals surface area contributed by atoms with Gasteiger partial charge in [0.05, 0.1) is 0 Å². The number of nitrogens with zero attached hydrogens (tertiary/aromatic N) is 1. The van der Waals surface area contributed by atoms with Crippen LogP contribution >= 0.6 is 0 Å². The summed E-state index contributed by atoms with van der Waals surface area (Å²) in [6.45, 7) is 6.88. The van der Waals surface area contributed by atoms with Crippen LogP contribution in [0.5, 0.6) is 0 Å². The lowest BCUT2D eigenvalue weighted by atomic mass is 10.1. The van der Waals surface area contributed by atoms with Crippen molar-refractivity contribution in [2.24, 2.45) is 5.73 Å². The zero-order valence-corrected chi connectivity index (χ0v) is 9.57. The first-order valence-corrected chi connectivity index (χ1v) is 5.30. The van der Waals surface area contributed by atoms with Gasteiger partial charge in [-0.2, -0.15) is 0 Å². The molecule has 0 saturated carbocycles. The Hall–Kier alpha value is -1.09. The van der Waals surface area contributed by atoms with Crippen LogP contribution in [0.15, 0.2) is 24.3 Å². The second-order valence-corrected chi connectivity index (χ2v) is 4.06. The zero-order chi connectivity index (χ0) is 11.4. The Morgan fingerprint density at radius 1 is 1.20 bits per heavy atom. The fourth-order valence-corrected chi connectivity index (χ4v) is 1.79. The van der Waals surface area contributed by atoms with Crippen molar-refractivity contribution in [3.05, 3.63) is 30.1 Å². The van der Waals surface area contributed by atoms with Crippen molar-refractivity contribution >= 4 is 5.69 Å². The van der Waals surface area contributed by atoms with Gasteiger partial charge in [-0.25, -0.2) is 4.39 Å². The van der Waals surface area contributed by atoms with Gasteiger partial charge in [0.25, 0.3) is 0 Å². The lowest BCUT2D eigenvalue weighted by Gasteiger charge is -2.34. The largest absolute Gasteiger partial charge is 0.365 e. The number of halogens is 1. The molecule has 0 aliphatic rings. The van der Waals surface area contributed by atoms with Crippen molar-refractivity contribution in [2.75, 3.05) is 11.4 Å². The molecule has 15 heavy (non-hydrogen) atoms. The van der Waals surface area contributed by atoms with Gasteiger partial charge in [0.15, 0.2) is 0 Å². The Kier molecular flexibility index (Phi) is 4.09. The van der Waals surface area contributed by atoms with Crippen molar-refractivity contribution in [2.45, 2.75) is 32.9 Å². The molecule has 0 radical (unpaired) electrons. The van der Waals surface area contributed by atoms with Crippen LogP contribution in [0.25, 0.3) is 0 Å². The van der Waals surface area contributed by atoms with Crippen molar-refractivity contribution in [1.82, 2.24) is 0 Å². The van der Waals surface area contributed by atoms with Gasteiger partial charge >= 0.3 is 0 Å². The van der Waals surface area contributed by atoms with Crippen LogP contribution in [0.2, 0.25) is 0 Å². The average Bonchev–Trinajstić information content (AvgIpc) is 2.20. The van der Waals surface area contributed by atoms with E-state index in [1.165, 1.54) is 12.1 Å². The van der Waals surface area contributed by atoms with Gasteiger partial charge in [-0.1, -0.05) is 0 Å². The Morgan fingerprint density at radius 2 is 1.73 bits per heavy atom. The molecule has 1 unspecified atom stereocenters. The van der Waals surface area contributed by atoms with E-state index in [0.717, 1.165) is 5.69 Å². The predicted octanol–water partition coefficient (Wildman–Crippen LogP) is 2.39. The molecule has 0 fully saturated rings. The normalized spacial score (nSPS) is 12.9. The van der Waals surface area contributed by atoms with Crippen molar-refractivity contribution < 1.29 is 4.39 Å². The van der Waals surface area contributed by atoms with Crippen LogP contribution in [0.4, 0.5) is 10.1 Å². The van der Waals surface area contributed by atoms with Gasteiger partial charge in [-0.15, -0.1) is 0 Å². The molecular weight excluding hydrogens is 191 g/mol. The minimum atomic E-state index is -0.206. The Labute approximate surface area is 90.9 Å². The fourth-order valence-electron chi connectivity index (χ4n) is 1.79. The number of hydrogen-bond donors (Lipinski definition) is 1. The van der Waals surface area contributed by atoms with Gasteiger partial charge < -0.3 is 10.6 Å². The van der Waals surface area contributed by atoms with E-state index in [4.69, 9.17) is 5.73 Å². The molecule has 0 heterocycles. The molecule has 2 N–H and O–H groups in total. The third-order valence-corrected chi connectivity index (χ3v) is 2.50. The van der Waals surface area contributed by atoms with Gasteiger partial charge in [0.1, 0.15) is 5.82 Å². The summed E-state index contributed by atoms with van der Waals surface area (Å²) in [4.78, 5) is 2.19. The second-order valence-electron chi connectivity index (χ2n) is 4.06. The van der Waals surface area contributed by atoms with E-state index in [2.05, 4.69) is 25.7 Å². The quantitative estimate of drug-likeness (QED) is 0.826. The van der Waals surface area contributed by atoms with Crippen molar-refractivity contribution in [1.29, 1.82) is 0 Å². The zero-order valence-electron chi connectivity index (χ0n) is 9.57. The van der Waals surface area contributed by atoms with Gasteiger partial charge in [-0.3, -0.25) is 0 Å². The molecule has 2 nitrogen and oxygen atoms in total. The van der Waals surface area contributed by atoms with Crippen molar-refractivity contribution in [3.63, 3.8) is 0 Å². The average molecular weight is 210 g/mol. The van der Waals surface area contributed by atoms with Crippen LogP contribution < -0.4 is 10.6 Å². The fraction of sp³-hybridized carbons (Fsp3) is 0.500. The molecule has 0 amide bonds. The minimum Gasteiger partial charge on any atom is -0.365 e. The summed E-state index contributed by atoms with van der Waals surface area (Å²) >= 11 is 0. The minimum absolute atomic E-state index is 0.206. The van der Waals surface area contributed by atoms with E-state index >= 15 is 0 Å². The standard InChI is InChI=1S/C12H19FN2/c1-9(2)15(10(3)8-14)12-6-4-11(13)5-7-12/h4-7,9-10H,8,14H2,1-3H3. The highest BCUT2D eigenvalue weighted by Crippen LogP contribution is 2.19. The molecule has 0 saturated heterocycles. The van der Waals surface area contributed by atoms with Crippen LogP contribution in [-0.4, -0.2) is 18.6 Å². The van der Waals surface area contributed by atoms with E-state index in [0.29, 0.717) is 12.6 Å². The summed E-state index contributed by atoms with van der Waals surface area (Å²) in [6, 6.07) is 7.16. The van der Waals surface area contributed by atoms with E-state index in [1.54, 1.807) is 12.1 Å². The second kappa shape index (κ2) is 5.12. The van der Waals surface area contributed by atoms with Crippen LogP contribution in [-0.2, 0) is 0 Å². The molecule has 1 aromatic rings. The molecule has 1 rings (SSSR count). The first-order chi connectivity index (χ1) is 7.06. The highest BCUT2D eigenvalue weighted by atomic mass is 19.1. The monoisotopic (exact) mass is 210 g/mol. The molecule has 1 atom stereocenters. The molecule has 3 heteroatoms. The van der Waals surface area contributed by atoms with Crippen LogP contribution in [0.1, 0.15) is 20.8 Å². The summed E-state index contributed by atoms with van der Waals surface area (Å²) in [5.41, 5.74) is 6.68. The van der Waals surface area contributed by atoms with Crippen LogP contribution in [0.3, 0.4) is 0 Å². The molecule has 0 bridgehead atoms. The molecule has 1 aromatic carbocycles. The van der Waals surface area contributed by atoms with E-state index in [1.807, 2.05) is 0 Å². The maximum Gasteiger partial charge on any atom is 0.123 e. The molecular formula is C12H19FN2. The van der Waals surface area contributed by atoms with E-state index < -0.39 is 0 Å². The maximum absolute atomic E-state index is 12.8. The third kappa shape index (κ3) is 2.93. The summed E-state index contributed by atoms with van der Waals surface area (Å²) in [5.74, 6) is -0.206. The summed E-state index contributed by atoms with van der Waals surface area (Å²) in [7, 11) is 0. The summed E-state index contributed by atoms with van der Waals surface area (Å²) in [5, 5.41) is 0. The SMILES string of the molecule is CC(C)N(c1ccc(F)cc1)C(C)CN. The summed E-state index contributed by atoms with van der Waals surface area (Å²) in [6.07, 6.45) is 0. The predicted molar refractivity (Wildman–Crippen MR) is 62.5 cm³/mol. The van der Waals surface area contributed by atoms with Gasteiger partial charge in [0.2, 0.25) is 0 Å². The molecule has 0 aromatic heterocycles. The number of rotatable bonds is 4. The van der Waals surface area contributed by atoms with Crippen molar-refractivity contribution in [3.8, 4) is 0 Å². The maximum atomic E-state index is 12.8. The van der Waals surface area contributed by atoms with Gasteiger partial charge in [0, 0.05) is 24.3 Å². The molecule has 0 aliphatic heterocycles. The number of nitrogens with two attached hydrogens (primary N) is 1. The lowest BCUT2D eigenvalue weighted by molar-refractivity contribution is 0.578. The Morgan fingerprint density at radius 3 is 2.13 bits per heavy atom. The highest BCUT2D eigenvalue weighted by Gasteiger charge is 2.16. The number of anilines is 1. The lowest BCUT2D eigenvalue weighted by Crippen LogP contribution is -2.43. The Balaban J connectivity index is 2.94. The third-order valence-electron chi connectivity index (χ3n) is 2.50. The topological polar surface area (TPSA) is 29.3 Å². The molecule has 84 valence electrons. The molecule has 0 spiro atoms. The summed E-state index contributed by atoms with van der Waals surface area (Å²) < 4.78 is 12.8. The van der Waals surface area contributed by atoms with Gasteiger partial charge in [-0.05, 0) is 45.0 Å². The Bertz CT molecular complexity index is 295. The molecule has 0 aliphatic carbocycles. The number of hydrogen-bond acceptors (Lipinski definition) is 2. The highest BCUT2D eigenvalue weighted by molar-refractivity contribution is 5.48. The van der Waals surface area contributed by atoms with Crippen LogP contribution in [0, 0.1) is 5.82 Å². The smallest absolute Gasteiger partial charge is 0.123 e. The van der Waals surface area contributed by atoms with E-state index in [-0.39, 0.29) is 11.9 Å². The first kappa shape index (κ1) is 12.0. The van der Waals surface area contributed by atoms with E-state index in [9.17, 15) is 4.39 Å². The number of benzene rings is 1.